The number of benzene rings is 2. The number of piperazine rings is 1. The van der Waals surface area contributed by atoms with E-state index in [1.54, 1.807) is 30.0 Å². The first-order valence-corrected chi connectivity index (χ1v) is 12.5. The van der Waals surface area contributed by atoms with E-state index in [4.69, 9.17) is 16.3 Å². The van der Waals surface area contributed by atoms with Crippen molar-refractivity contribution < 1.29 is 14.3 Å². The maximum atomic E-state index is 13.3. The molecule has 172 valence electrons. The zero-order valence-electron chi connectivity index (χ0n) is 18.6. The van der Waals surface area contributed by atoms with E-state index >= 15 is 0 Å². The fraction of sp³-hybridized carbons (Fsp3) is 0.417. The Labute approximate surface area is 199 Å². The summed E-state index contributed by atoms with van der Waals surface area (Å²) in [5, 5.41) is 3.68. The summed E-state index contributed by atoms with van der Waals surface area (Å²) in [5.41, 5.74) is 1.60. The molecule has 1 fully saturated rings. The number of thioether (sulfide) groups is 1. The van der Waals surface area contributed by atoms with Crippen LogP contribution in [0.1, 0.15) is 22.3 Å². The molecule has 2 aromatic carbocycles. The SMILES string of the molecule is COc1ccccc1C(=O)NC(CCSC)C(=O)N1CCN(Cc2cccc(Cl)c2)CC1. The van der Waals surface area contributed by atoms with Gasteiger partial charge < -0.3 is 15.0 Å². The smallest absolute Gasteiger partial charge is 0.255 e. The summed E-state index contributed by atoms with van der Waals surface area (Å²) in [7, 11) is 1.53. The Bertz CT molecular complexity index is 919. The Balaban J connectivity index is 1.60. The molecule has 1 aliphatic heterocycles. The van der Waals surface area contributed by atoms with Crippen molar-refractivity contribution >= 4 is 35.2 Å². The molecule has 8 heteroatoms. The lowest BCUT2D eigenvalue weighted by Gasteiger charge is -2.36. The van der Waals surface area contributed by atoms with Gasteiger partial charge in [-0.25, -0.2) is 0 Å². The molecular formula is C24H30ClN3O3S. The molecule has 2 amide bonds. The molecule has 0 aliphatic carbocycles. The average Bonchev–Trinajstić information content (AvgIpc) is 2.81. The minimum Gasteiger partial charge on any atom is -0.496 e. The number of hydrogen-bond donors (Lipinski definition) is 1. The number of para-hydroxylation sites is 1. The summed E-state index contributed by atoms with van der Waals surface area (Å²) in [6.45, 7) is 3.66. The number of halogens is 1. The Morgan fingerprint density at radius 1 is 1.12 bits per heavy atom. The molecule has 3 rings (SSSR count). The van der Waals surface area contributed by atoms with Gasteiger partial charge in [-0.2, -0.15) is 11.8 Å². The van der Waals surface area contributed by atoms with E-state index in [1.165, 1.54) is 12.7 Å². The molecule has 0 bridgehead atoms. The average molecular weight is 476 g/mol. The number of nitrogens with one attached hydrogen (secondary N) is 1. The molecule has 2 aromatic rings. The summed E-state index contributed by atoms with van der Waals surface area (Å²) < 4.78 is 5.30. The van der Waals surface area contributed by atoms with E-state index in [-0.39, 0.29) is 11.8 Å². The standard InChI is InChI=1S/C24H30ClN3O3S/c1-31-22-9-4-3-8-20(22)23(29)26-21(10-15-32-2)24(30)28-13-11-27(12-14-28)17-18-6-5-7-19(25)16-18/h3-9,16,21H,10-15,17H2,1-2H3,(H,26,29). The maximum Gasteiger partial charge on any atom is 0.255 e. The van der Waals surface area contributed by atoms with Crippen LogP contribution >= 0.6 is 23.4 Å². The van der Waals surface area contributed by atoms with Crippen molar-refractivity contribution in [2.45, 2.75) is 19.0 Å². The molecule has 1 saturated heterocycles. The highest BCUT2D eigenvalue weighted by Gasteiger charge is 2.29. The van der Waals surface area contributed by atoms with Crippen molar-refractivity contribution in [3.8, 4) is 5.75 Å². The van der Waals surface area contributed by atoms with Crippen molar-refractivity contribution in [3.63, 3.8) is 0 Å². The summed E-state index contributed by atoms with van der Waals surface area (Å²) in [5.74, 6) is 0.971. The van der Waals surface area contributed by atoms with Gasteiger partial charge in [-0.3, -0.25) is 14.5 Å². The van der Waals surface area contributed by atoms with Gasteiger partial charge in [0.25, 0.3) is 5.91 Å². The second-order valence-electron chi connectivity index (χ2n) is 7.74. The number of rotatable bonds is 9. The third kappa shape index (κ3) is 6.64. The fourth-order valence-corrected chi connectivity index (χ4v) is 4.49. The van der Waals surface area contributed by atoms with E-state index in [2.05, 4.69) is 16.3 Å². The van der Waals surface area contributed by atoms with Crippen LogP contribution in [0.25, 0.3) is 0 Å². The molecule has 1 atom stereocenters. The number of nitrogens with zero attached hydrogens (tertiary/aromatic N) is 2. The lowest BCUT2D eigenvalue weighted by atomic mass is 10.1. The monoisotopic (exact) mass is 475 g/mol. The van der Waals surface area contributed by atoms with Crippen LogP contribution in [0.3, 0.4) is 0 Å². The normalized spacial score (nSPS) is 15.3. The number of carbonyl (C=O) groups excluding carboxylic acids is 2. The Kier molecular flexibility index (Phi) is 9.26. The Morgan fingerprint density at radius 3 is 2.56 bits per heavy atom. The molecular weight excluding hydrogens is 446 g/mol. The molecule has 0 radical (unpaired) electrons. The first kappa shape index (κ1) is 24.4. The lowest BCUT2D eigenvalue weighted by Crippen LogP contribution is -2.55. The molecule has 0 aromatic heterocycles. The van der Waals surface area contributed by atoms with E-state index in [1.807, 2.05) is 35.4 Å². The van der Waals surface area contributed by atoms with Gasteiger partial charge in [-0.15, -0.1) is 0 Å². The minimum absolute atomic E-state index is 0.0234. The number of ether oxygens (including phenoxy) is 1. The summed E-state index contributed by atoms with van der Waals surface area (Å²) >= 11 is 7.75. The molecule has 1 aliphatic rings. The van der Waals surface area contributed by atoms with Crippen LogP contribution in [0.15, 0.2) is 48.5 Å². The molecule has 1 unspecified atom stereocenters. The van der Waals surface area contributed by atoms with Gasteiger partial charge in [-0.1, -0.05) is 35.9 Å². The third-order valence-electron chi connectivity index (χ3n) is 5.54. The second-order valence-corrected chi connectivity index (χ2v) is 9.16. The van der Waals surface area contributed by atoms with E-state index in [0.29, 0.717) is 30.8 Å². The highest BCUT2D eigenvalue weighted by Crippen LogP contribution is 2.18. The number of hydrogen-bond acceptors (Lipinski definition) is 5. The molecule has 0 saturated carbocycles. The third-order valence-corrected chi connectivity index (χ3v) is 6.42. The molecule has 32 heavy (non-hydrogen) atoms. The van der Waals surface area contributed by atoms with Crippen LogP contribution < -0.4 is 10.1 Å². The first-order chi connectivity index (χ1) is 15.5. The quantitative estimate of drug-likeness (QED) is 0.601. The van der Waals surface area contributed by atoms with Gasteiger partial charge in [0.1, 0.15) is 11.8 Å². The van der Waals surface area contributed by atoms with Crippen LogP contribution in [0, 0.1) is 0 Å². The largest absolute Gasteiger partial charge is 0.496 e. The minimum atomic E-state index is -0.556. The van der Waals surface area contributed by atoms with E-state index in [9.17, 15) is 9.59 Å². The van der Waals surface area contributed by atoms with Crippen molar-refractivity contribution in [3.05, 3.63) is 64.7 Å². The lowest BCUT2D eigenvalue weighted by molar-refractivity contribution is -0.135. The van der Waals surface area contributed by atoms with Crippen LogP contribution in [-0.2, 0) is 11.3 Å². The fourth-order valence-electron chi connectivity index (χ4n) is 3.80. The second kappa shape index (κ2) is 12.1. The molecule has 6 nitrogen and oxygen atoms in total. The zero-order chi connectivity index (χ0) is 22.9. The predicted molar refractivity (Wildman–Crippen MR) is 131 cm³/mol. The predicted octanol–water partition coefficient (Wildman–Crippen LogP) is 3.54. The van der Waals surface area contributed by atoms with Gasteiger partial charge in [0, 0.05) is 37.7 Å². The highest BCUT2D eigenvalue weighted by atomic mass is 35.5. The van der Waals surface area contributed by atoms with E-state index in [0.717, 1.165) is 30.4 Å². The highest BCUT2D eigenvalue weighted by molar-refractivity contribution is 7.98. The van der Waals surface area contributed by atoms with Crippen molar-refractivity contribution in [1.82, 2.24) is 15.1 Å². The molecule has 1 heterocycles. The van der Waals surface area contributed by atoms with Crippen LogP contribution in [-0.4, -0.2) is 73.0 Å². The molecule has 1 N–H and O–H groups in total. The zero-order valence-corrected chi connectivity index (χ0v) is 20.1. The number of methoxy groups -OCH3 is 1. The Morgan fingerprint density at radius 2 is 1.88 bits per heavy atom. The van der Waals surface area contributed by atoms with Gasteiger partial charge >= 0.3 is 0 Å². The molecule has 0 spiro atoms. The van der Waals surface area contributed by atoms with Crippen LogP contribution in [0.2, 0.25) is 5.02 Å². The van der Waals surface area contributed by atoms with Crippen molar-refractivity contribution in [2.24, 2.45) is 0 Å². The van der Waals surface area contributed by atoms with Crippen molar-refractivity contribution in [2.75, 3.05) is 45.3 Å². The van der Waals surface area contributed by atoms with Gasteiger partial charge in [-0.05, 0) is 48.3 Å². The summed E-state index contributed by atoms with van der Waals surface area (Å²) in [6.07, 6.45) is 2.59. The van der Waals surface area contributed by atoms with Crippen molar-refractivity contribution in [1.29, 1.82) is 0 Å². The van der Waals surface area contributed by atoms with Crippen LogP contribution in [0.5, 0.6) is 5.75 Å². The maximum absolute atomic E-state index is 13.3. The topological polar surface area (TPSA) is 61.9 Å². The summed E-state index contributed by atoms with van der Waals surface area (Å²) in [6, 6.07) is 14.4. The Hall–Kier alpha value is -2.22. The number of carbonyl (C=O) groups is 2. The summed E-state index contributed by atoms with van der Waals surface area (Å²) in [4.78, 5) is 30.3. The number of amides is 2. The van der Waals surface area contributed by atoms with Gasteiger partial charge in [0.15, 0.2) is 0 Å². The van der Waals surface area contributed by atoms with Gasteiger partial charge in [0.05, 0.1) is 12.7 Å². The van der Waals surface area contributed by atoms with E-state index < -0.39 is 6.04 Å². The first-order valence-electron chi connectivity index (χ1n) is 10.7. The van der Waals surface area contributed by atoms with Crippen LogP contribution in [0.4, 0.5) is 0 Å². The van der Waals surface area contributed by atoms with Gasteiger partial charge in [0.2, 0.25) is 5.91 Å².